The molecule has 134 valence electrons. The van der Waals surface area contributed by atoms with E-state index < -0.39 is 0 Å². The summed E-state index contributed by atoms with van der Waals surface area (Å²) in [5, 5.41) is 9.13. The van der Waals surface area contributed by atoms with Crippen LogP contribution in [0.2, 0.25) is 0 Å². The molecule has 0 bridgehead atoms. The summed E-state index contributed by atoms with van der Waals surface area (Å²) in [4.78, 5) is 0. The molecule has 1 aliphatic heterocycles. The maximum Gasteiger partial charge on any atom is 0.123 e. The molecule has 2 unspecified atom stereocenters. The maximum atomic E-state index is 9.13. The first-order valence-corrected chi connectivity index (χ1v) is 9.61. The van der Waals surface area contributed by atoms with Crippen LogP contribution in [0, 0.1) is 17.2 Å². The number of fused-ring (bicyclic) bond motifs is 2. The van der Waals surface area contributed by atoms with Crippen molar-refractivity contribution < 1.29 is 4.74 Å². The standard InChI is InChI=1S/C24H27NO/c1-23(2)10-11-24(3,4)22-17(6-5-7-20(22)23)13-19-14-18-12-16(15-25)8-9-21(18)26-19/h5-9,12-13,18,21H,10-11,14H2,1-4H3. The van der Waals surface area contributed by atoms with Crippen LogP contribution in [0.5, 0.6) is 0 Å². The molecule has 0 spiro atoms. The summed E-state index contributed by atoms with van der Waals surface area (Å²) in [5.74, 6) is 1.32. The van der Waals surface area contributed by atoms with E-state index in [1.807, 2.05) is 12.2 Å². The van der Waals surface area contributed by atoms with Gasteiger partial charge >= 0.3 is 0 Å². The van der Waals surface area contributed by atoms with E-state index in [2.05, 4.69) is 64.1 Å². The summed E-state index contributed by atoms with van der Waals surface area (Å²) in [7, 11) is 0. The topological polar surface area (TPSA) is 33.0 Å². The minimum atomic E-state index is 0.0716. The predicted molar refractivity (Wildman–Crippen MR) is 106 cm³/mol. The number of rotatable bonds is 1. The van der Waals surface area contributed by atoms with Crippen molar-refractivity contribution in [2.75, 3.05) is 0 Å². The Kier molecular flexibility index (Phi) is 3.88. The van der Waals surface area contributed by atoms with Gasteiger partial charge in [-0.25, -0.2) is 0 Å². The lowest BCUT2D eigenvalue weighted by atomic mass is 9.62. The largest absolute Gasteiger partial charge is 0.490 e. The molecule has 26 heavy (non-hydrogen) atoms. The van der Waals surface area contributed by atoms with Crippen LogP contribution in [-0.4, -0.2) is 6.10 Å². The van der Waals surface area contributed by atoms with E-state index >= 15 is 0 Å². The maximum absolute atomic E-state index is 9.13. The van der Waals surface area contributed by atoms with E-state index in [0.717, 1.165) is 17.8 Å². The summed E-state index contributed by atoms with van der Waals surface area (Å²) >= 11 is 0. The molecule has 0 saturated carbocycles. The van der Waals surface area contributed by atoms with Crippen LogP contribution in [0.4, 0.5) is 0 Å². The van der Waals surface area contributed by atoms with Gasteiger partial charge in [0.1, 0.15) is 6.10 Å². The smallest absolute Gasteiger partial charge is 0.123 e. The quantitative estimate of drug-likeness (QED) is 0.644. The van der Waals surface area contributed by atoms with Crippen molar-refractivity contribution in [3.8, 4) is 6.07 Å². The Morgan fingerprint density at radius 1 is 1.15 bits per heavy atom. The van der Waals surface area contributed by atoms with Gasteiger partial charge in [-0.05, 0) is 58.6 Å². The molecule has 1 aromatic carbocycles. The van der Waals surface area contributed by atoms with E-state index in [9.17, 15) is 0 Å². The second-order valence-electron chi connectivity index (χ2n) is 9.19. The van der Waals surface area contributed by atoms with Crippen LogP contribution in [-0.2, 0) is 15.6 Å². The number of allylic oxidation sites excluding steroid dienone is 3. The van der Waals surface area contributed by atoms with E-state index in [1.54, 1.807) is 0 Å². The molecular weight excluding hydrogens is 318 g/mol. The Morgan fingerprint density at radius 2 is 1.92 bits per heavy atom. The monoisotopic (exact) mass is 345 g/mol. The summed E-state index contributed by atoms with van der Waals surface area (Å²) in [6.45, 7) is 9.45. The minimum Gasteiger partial charge on any atom is -0.490 e. The first-order valence-electron chi connectivity index (χ1n) is 9.61. The van der Waals surface area contributed by atoms with Gasteiger partial charge in [-0.2, -0.15) is 5.26 Å². The molecule has 4 rings (SSSR count). The molecule has 2 heteroatoms. The lowest BCUT2D eigenvalue weighted by molar-refractivity contribution is 0.186. The Balaban J connectivity index is 1.73. The number of hydrogen-bond donors (Lipinski definition) is 0. The Morgan fingerprint density at radius 3 is 2.69 bits per heavy atom. The molecule has 1 heterocycles. The van der Waals surface area contributed by atoms with Gasteiger partial charge in [0.15, 0.2) is 0 Å². The van der Waals surface area contributed by atoms with Crippen LogP contribution in [0.1, 0.15) is 63.6 Å². The van der Waals surface area contributed by atoms with Gasteiger partial charge in [-0.3, -0.25) is 0 Å². The second kappa shape index (κ2) is 5.88. The Hall–Kier alpha value is -2.27. The highest BCUT2D eigenvalue weighted by atomic mass is 16.5. The predicted octanol–water partition coefficient (Wildman–Crippen LogP) is 5.80. The molecule has 0 aromatic heterocycles. The number of benzene rings is 1. The average Bonchev–Trinajstić information content (AvgIpc) is 3.00. The van der Waals surface area contributed by atoms with Gasteiger partial charge in [0.25, 0.3) is 0 Å². The lowest BCUT2D eigenvalue weighted by Gasteiger charge is -2.42. The first-order chi connectivity index (χ1) is 12.3. The SMILES string of the molecule is CC1(C)CCC(C)(C)c2c(C=C3CC4C=C(C#N)C=CC4O3)cccc21. The van der Waals surface area contributed by atoms with Gasteiger partial charge in [0.2, 0.25) is 0 Å². The van der Waals surface area contributed by atoms with E-state index in [1.165, 1.54) is 29.5 Å². The van der Waals surface area contributed by atoms with Crippen molar-refractivity contribution in [1.29, 1.82) is 5.26 Å². The molecule has 0 N–H and O–H groups in total. The van der Waals surface area contributed by atoms with E-state index in [4.69, 9.17) is 10.00 Å². The third kappa shape index (κ3) is 2.80. The zero-order chi connectivity index (χ0) is 18.5. The third-order valence-corrected chi connectivity index (χ3v) is 6.33. The number of nitrogens with zero attached hydrogens (tertiary/aromatic N) is 1. The molecule has 0 amide bonds. The summed E-state index contributed by atoms with van der Waals surface area (Å²) in [5.41, 5.74) is 5.39. The third-order valence-electron chi connectivity index (χ3n) is 6.33. The van der Waals surface area contributed by atoms with Gasteiger partial charge in [-0.1, -0.05) is 52.0 Å². The molecule has 2 nitrogen and oxygen atoms in total. The van der Waals surface area contributed by atoms with Crippen molar-refractivity contribution in [2.45, 2.75) is 63.9 Å². The molecule has 2 atom stereocenters. The fourth-order valence-corrected chi connectivity index (χ4v) is 4.71. The number of nitriles is 1. The fourth-order valence-electron chi connectivity index (χ4n) is 4.71. The van der Waals surface area contributed by atoms with Crippen molar-refractivity contribution in [3.05, 3.63) is 64.4 Å². The highest BCUT2D eigenvalue weighted by Crippen LogP contribution is 2.48. The van der Waals surface area contributed by atoms with Gasteiger partial charge in [0, 0.05) is 17.9 Å². The summed E-state index contributed by atoms with van der Waals surface area (Å²) in [6, 6.07) is 8.96. The summed E-state index contributed by atoms with van der Waals surface area (Å²) < 4.78 is 6.19. The number of hydrogen-bond acceptors (Lipinski definition) is 2. The molecule has 3 aliphatic rings. The number of ether oxygens (including phenoxy) is 1. The molecule has 0 radical (unpaired) electrons. The van der Waals surface area contributed by atoms with E-state index in [-0.39, 0.29) is 22.9 Å². The molecule has 1 saturated heterocycles. The van der Waals surface area contributed by atoms with Gasteiger partial charge in [-0.15, -0.1) is 0 Å². The Labute approximate surface area is 156 Å². The normalized spacial score (nSPS) is 29.3. The summed E-state index contributed by atoms with van der Waals surface area (Å²) in [6.07, 6.45) is 11.6. The van der Waals surface area contributed by atoms with Gasteiger partial charge < -0.3 is 4.74 Å². The highest BCUT2D eigenvalue weighted by molar-refractivity contribution is 5.62. The van der Waals surface area contributed by atoms with Gasteiger partial charge in [0.05, 0.1) is 11.8 Å². The van der Waals surface area contributed by atoms with Crippen LogP contribution < -0.4 is 0 Å². The van der Waals surface area contributed by atoms with Crippen LogP contribution >= 0.6 is 0 Å². The lowest BCUT2D eigenvalue weighted by Crippen LogP contribution is -2.34. The van der Waals surface area contributed by atoms with Crippen LogP contribution in [0.15, 0.2) is 47.8 Å². The van der Waals surface area contributed by atoms with Crippen molar-refractivity contribution >= 4 is 6.08 Å². The zero-order valence-corrected chi connectivity index (χ0v) is 16.2. The first kappa shape index (κ1) is 17.2. The average molecular weight is 345 g/mol. The molecule has 1 aromatic rings. The molecule has 1 fully saturated rings. The second-order valence-corrected chi connectivity index (χ2v) is 9.19. The van der Waals surface area contributed by atoms with Crippen molar-refractivity contribution in [2.24, 2.45) is 5.92 Å². The Bertz CT molecular complexity index is 876. The van der Waals surface area contributed by atoms with Crippen molar-refractivity contribution in [1.82, 2.24) is 0 Å². The fraction of sp³-hybridized carbons (Fsp3) is 0.458. The van der Waals surface area contributed by atoms with Crippen molar-refractivity contribution in [3.63, 3.8) is 0 Å². The molecule has 2 aliphatic carbocycles. The highest BCUT2D eigenvalue weighted by Gasteiger charge is 2.38. The van der Waals surface area contributed by atoms with Crippen LogP contribution in [0.3, 0.4) is 0 Å². The molecular formula is C24H27NO. The minimum absolute atomic E-state index is 0.0716. The van der Waals surface area contributed by atoms with Crippen LogP contribution in [0.25, 0.3) is 6.08 Å². The van der Waals surface area contributed by atoms with E-state index in [0.29, 0.717) is 0 Å². The zero-order valence-electron chi connectivity index (χ0n) is 16.2.